The second-order valence-electron chi connectivity index (χ2n) is 9.30. The molecular weight excluding hydrogens is 486 g/mol. The fourth-order valence-electron chi connectivity index (χ4n) is 4.20. The largest absolute Gasteiger partial charge is 0.341 e. The van der Waals surface area contributed by atoms with E-state index in [2.05, 4.69) is 16.3 Å². The van der Waals surface area contributed by atoms with Gasteiger partial charge in [-0.1, -0.05) is 66.7 Å². The van der Waals surface area contributed by atoms with Crippen molar-refractivity contribution in [2.45, 2.75) is 43.7 Å². The van der Waals surface area contributed by atoms with E-state index < -0.39 is 21.5 Å². The van der Waals surface area contributed by atoms with Gasteiger partial charge in [0, 0.05) is 18.5 Å². The summed E-state index contributed by atoms with van der Waals surface area (Å²) >= 11 is 0. The van der Waals surface area contributed by atoms with Crippen LogP contribution in [0.3, 0.4) is 0 Å². The summed E-state index contributed by atoms with van der Waals surface area (Å²) in [6.45, 7) is 8.00. The van der Waals surface area contributed by atoms with E-state index in [1.807, 2.05) is 49.1 Å². The van der Waals surface area contributed by atoms with Crippen molar-refractivity contribution in [3.63, 3.8) is 0 Å². The molecule has 0 aliphatic carbocycles. The summed E-state index contributed by atoms with van der Waals surface area (Å²) in [5.41, 5.74) is 1.87. The monoisotopic (exact) mass is 515 g/mol. The number of amidine groups is 1. The van der Waals surface area contributed by atoms with Gasteiger partial charge < -0.3 is 4.90 Å². The van der Waals surface area contributed by atoms with Crippen molar-refractivity contribution >= 4 is 27.7 Å². The van der Waals surface area contributed by atoms with Gasteiger partial charge in [-0.15, -0.1) is 6.58 Å². The third-order valence-electron chi connectivity index (χ3n) is 6.37. The molecule has 0 aromatic heterocycles. The van der Waals surface area contributed by atoms with E-state index in [0.29, 0.717) is 18.5 Å². The van der Waals surface area contributed by atoms with Crippen LogP contribution in [-0.4, -0.2) is 36.5 Å². The van der Waals surface area contributed by atoms with Crippen LogP contribution in [0.4, 0.5) is 0 Å². The number of aliphatic imine (C=N–C) groups is 1. The predicted octanol–water partition coefficient (Wildman–Crippen LogP) is 4.96. The minimum absolute atomic E-state index is 0.0181. The number of carbonyl (C=O) groups excluding carboxylic acids is 2. The minimum Gasteiger partial charge on any atom is -0.341 e. The fourth-order valence-corrected chi connectivity index (χ4v) is 5.19. The van der Waals surface area contributed by atoms with Crippen molar-refractivity contribution in [3.05, 3.63) is 103 Å². The number of carbonyl (C=O) groups is 2. The third kappa shape index (κ3) is 5.54. The van der Waals surface area contributed by atoms with Gasteiger partial charge in [0.1, 0.15) is 11.4 Å². The molecule has 4 rings (SSSR count). The first-order valence-corrected chi connectivity index (χ1v) is 13.4. The maximum absolute atomic E-state index is 13.0. The second-order valence-corrected chi connectivity index (χ2v) is 11.0. The first-order chi connectivity index (χ1) is 17.6. The van der Waals surface area contributed by atoms with Crippen molar-refractivity contribution in [3.8, 4) is 11.1 Å². The smallest absolute Gasteiger partial charge is 0.272 e. The molecular formula is C29H29N3O4S. The molecule has 2 amide bonds. The minimum atomic E-state index is -4.00. The summed E-state index contributed by atoms with van der Waals surface area (Å²) in [5.74, 6) is -0.113. The number of nitrogens with zero attached hydrogens (tertiary/aromatic N) is 2. The molecule has 0 saturated carbocycles. The van der Waals surface area contributed by atoms with E-state index in [-0.39, 0.29) is 16.4 Å². The quantitative estimate of drug-likeness (QED) is 0.407. The number of amides is 2. The van der Waals surface area contributed by atoms with Crippen molar-refractivity contribution in [1.82, 2.24) is 9.62 Å². The maximum Gasteiger partial charge on any atom is 0.272 e. The third-order valence-corrected chi connectivity index (χ3v) is 7.72. The van der Waals surface area contributed by atoms with E-state index in [1.54, 1.807) is 42.5 Å². The van der Waals surface area contributed by atoms with Crippen LogP contribution in [0.15, 0.2) is 101 Å². The van der Waals surface area contributed by atoms with Crippen LogP contribution in [0.2, 0.25) is 0 Å². The summed E-state index contributed by atoms with van der Waals surface area (Å²) in [6.07, 6.45) is 3.19. The Labute approximate surface area is 217 Å². The molecule has 0 radical (unpaired) electrons. The molecule has 0 spiro atoms. The van der Waals surface area contributed by atoms with Crippen molar-refractivity contribution in [1.29, 1.82) is 0 Å². The molecule has 1 N–H and O–H groups in total. The molecule has 1 aliphatic heterocycles. The molecule has 0 fully saturated rings. The van der Waals surface area contributed by atoms with Gasteiger partial charge in [0.25, 0.3) is 21.8 Å². The van der Waals surface area contributed by atoms with Gasteiger partial charge in [-0.2, -0.15) is 4.99 Å². The zero-order chi connectivity index (χ0) is 26.6. The molecule has 3 aromatic rings. The summed E-state index contributed by atoms with van der Waals surface area (Å²) < 4.78 is 27.5. The van der Waals surface area contributed by atoms with E-state index in [1.165, 1.54) is 12.1 Å². The van der Waals surface area contributed by atoms with Gasteiger partial charge in [0.15, 0.2) is 0 Å². The highest BCUT2D eigenvalue weighted by Gasteiger charge is 2.41. The number of rotatable bonds is 9. The molecule has 1 aliphatic rings. The molecule has 0 bridgehead atoms. The standard InChI is InChI=1S/C29H29N3O4S/c1-4-5-15-26-30-28(34)29(2,3)32(26)20-21-16-18-22(19-17-21)24-13-9-10-14-25(24)27(33)31-37(35,36)23-11-7-6-8-12-23/h4,6-14,16-19H,1,5,15,20H2,2-3H3,(H,31,33). The Morgan fingerprint density at radius 2 is 1.65 bits per heavy atom. The molecule has 0 unspecified atom stereocenters. The number of hydrogen-bond acceptors (Lipinski definition) is 5. The highest BCUT2D eigenvalue weighted by atomic mass is 32.2. The molecule has 0 saturated heterocycles. The Morgan fingerprint density at radius 3 is 2.32 bits per heavy atom. The summed E-state index contributed by atoms with van der Waals surface area (Å²) in [6, 6.07) is 22.3. The Balaban J connectivity index is 1.56. The van der Waals surface area contributed by atoms with Crippen LogP contribution in [0, 0.1) is 0 Å². The molecule has 190 valence electrons. The summed E-state index contributed by atoms with van der Waals surface area (Å²) in [4.78, 5) is 31.8. The van der Waals surface area contributed by atoms with Gasteiger partial charge in [-0.05, 0) is 55.2 Å². The second kappa shape index (κ2) is 10.5. The van der Waals surface area contributed by atoms with Crippen molar-refractivity contribution in [2.75, 3.05) is 0 Å². The van der Waals surface area contributed by atoms with Gasteiger partial charge >= 0.3 is 0 Å². The fraction of sp³-hybridized carbons (Fsp3) is 0.207. The molecule has 8 heteroatoms. The normalized spacial score (nSPS) is 14.8. The lowest BCUT2D eigenvalue weighted by Crippen LogP contribution is -2.46. The number of benzene rings is 3. The number of nitrogens with one attached hydrogen (secondary N) is 1. The van der Waals surface area contributed by atoms with Crippen LogP contribution < -0.4 is 4.72 Å². The number of hydrogen-bond donors (Lipinski definition) is 1. The SMILES string of the molecule is C=CCCC1=NC(=O)C(C)(C)N1Cc1ccc(-c2ccccc2C(=O)NS(=O)(=O)c2ccccc2)cc1. The Morgan fingerprint density at radius 1 is 1.00 bits per heavy atom. The predicted molar refractivity (Wildman–Crippen MR) is 144 cm³/mol. The zero-order valence-corrected chi connectivity index (χ0v) is 21.7. The van der Waals surface area contributed by atoms with Crippen molar-refractivity contribution < 1.29 is 18.0 Å². The van der Waals surface area contributed by atoms with Crippen LogP contribution >= 0.6 is 0 Å². The van der Waals surface area contributed by atoms with Gasteiger partial charge in [-0.25, -0.2) is 13.1 Å². The average Bonchev–Trinajstić information content (AvgIpc) is 3.11. The molecule has 1 heterocycles. The molecule has 7 nitrogen and oxygen atoms in total. The van der Waals surface area contributed by atoms with E-state index in [4.69, 9.17) is 0 Å². The van der Waals surface area contributed by atoms with E-state index in [9.17, 15) is 18.0 Å². The lowest BCUT2D eigenvalue weighted by molar-refractivity contribution is -0.124. The van der Waals surface area contributed by atoms with Gasteiger partial charge in [-0.3, -0.25) is 9.59 Å². The molecule has 37 heavy (non-hydrogen) atoms. The zero-order valence-electron chi connectivity index (χ0n) is 20.8. The Bertz CT molecular complexity index is 1460. The summed E-state index contributed by atoms with van der Waals surface area (Å²) in [5, 5.41) is 0. The molecule has 0 atom stereocenters. The lowest BCUT2D eigenvalue weighted by atomic mass is 9.97. The number of allylic oxidation sites excluding steroid dienone is 1. The topological polar surface area (TPSA) is 95.9 Å². The van der Waals surface area contributed by atoms with E-state index in [0.717, 1.165) is 23.4 Å². The van der Waals surface area contributed by atoms with Crippen LogP contribution in [0.25, 0.3) is 11.1 Å². The van der Waals surface area contributed by atoms with Gasteiger partial charge in [0.05, 0.1) is 4.90 Å². The first-order valence-electron chi connectivity index (χ1n) is 11.9. The lowest BCUT2D eigenvalue weighted by Gasteiger charge is -2.32. The highest BCUT2D eigenvalue weighted by Crippen LogP contribution is 2.29. The van der Waals surface area contributed by atoms with Crippen LogP contribution in [0.1, 0.15) is 42.6 Å². The van der Waals surface area contributed by atoms with Crippen molar-refractivity contribution in [2.24, 2.45) is 4.99 Å². The average molecular weight is 516 g/mol. The number of sulfonamides is 1. The van der Waals surface area contributed by atoms with Crippen LogP contribution in [-0.2, 0) is 21.4 Å². The van der Waals surface area contributed by atoms with Crippen LogP contribution in [0.5, 0.6) is 0 Å². The molecule has 3 aromatic carbocycles. The maximum atomic E-state index is 13.0. The Hall–Kier alpha value is -4.04. The van der Waals surface area contributed by atoms with E-state index >= 15 is 0 Å². The highest BCUT2D eigenvalue weighted by molar-refractivity contribution is 7.90. The Kier molecular flexibility index (Phi) is 7.40. The summed E-state index contributed by atoms with van der Waals surface area (Å²) in [7, 11) is -4.00. The first kappa shape index (κ1) is 26.0. The van der Waals surface area contributed by atoms with Gasteiger partial charge in [0.2, 0.25) is 0 Å².